The van der Waals surface area contributed by atoms with Crippen molar-refractivity contribution < 1.29 is 28.5 Å². The van der Waals surface area contributed by atoms with Gasteiger partial charge in [-0.25, -0.2) is 4.79 Å². The molecule has 2 aromatic rings. The number of benzene rings is 2. The van der Waals surface area contributed by atoms with Crippen LogP contribution in [0.4, 0.5) is 0 Å². The van der Waals surface area contributed by atoms with E-state index >= 15 is 0 Å². The minimum Gasteiger partial charge on any atom is -0.466 e. The molecule has 138 valence electrons. The maximum Gasteiger partial charge on any atom is 0.338 e. The second-order valence-electron chi connectivity index (χ2n) is 6.16. The lowest BCUT2D eigenvalue weighted by atomic mass is 9.97. The van der Waals surface area contributed by atoms with Gasteiger partial charge in [0.25, 0.3) is 0 Å². The zero-order valence-corrected chi connectivity index (χ0v) is 15.0. The Hall–Kier alpha value is -3.28. The monoisotopic (exact) mass is 366 g/mol. The van der Waals surface area contributed by atoms with E-state index in [2.05, 4.69) is 0 Å². The second-order valence-corrected chi connectivity index (χ2v) is 6.16. The van der Waals surface area contributed by atoms with Crippen LogP contribution in [0, 0.1) is 0 Å². The third-order valence-corrected chi connectivity index (χ3v) is 4.65. The van der Waals surface area contributed by atoms with E-state index in [0.29, 0.717) is 22.6 Å². The molecule has 0 spiro atoms. The van der Waals surface area contributed by atoms with Gasteiger partial charge in [0.1, 0.15) is 0 Å². The largest absolute Gasteiger partial charge is 0.466 e. The molecular formula is C21H18O6. The number of methoxy groups -OCH3 is 1. The first kappa shape index (κ1) is 17.1. The van der Waals surface area contributed by atoms with E-state index in [0.717, 1.165) is 16.7 Å². The molecule has 6 nitrogen and oxygen atoms in total. The quantitative estimate of drug-likeness (QED) is 0.773. The van der Waals surface area contributed by atoms with Gasteiger partial charge in [0.05, 0.1) is 12.7 Å². The van der Waals surface area contributed by atoms with E-state index in [1.165, 1.54) is 7.11 Å². The Kier molecular flexibility index (Phi) is 4.32. The Morgan fingerprint density at radius 2 is 1.89 bits per heavy atom. The Morgan fingerprint density at radius 1 is 1.11 bits per heavy atom. The molecule has 1 aliphatic heterocycles. The number of carbonyl (C=O) groups excluding carboxylic acids is 2. The SMILES string of the molecule is CCC(=O)OC1C(C(=O)OC)=C(c2ccc3c(c2)OCO3)c2ccccc21. The molecule has 1 aliphatic carbocycles. The van der Waals surface area contributed by atoms with E-state index in [1.54, 1.807) is 13.0 Å². The average Bonchev–Trinajstić information content (AvgIpc) is 3.29. The molecule has 1 heterocycles. The van der Waals surface area contributed by atoms with Crippen LogP contribution < -0.4 is 9.47 Å². The lowest BCUT2D eigenvalue weighted by molar-refractivity contribution is -0.149. The van der Waals surface area contributed by atoms with Gasteiger partial charge in [-0.05, 0) is 23.3 Å². The fourth-order valence-corrected chi connectivity index (χ4v) is 3.40. The standard InChI is InChI=1S/C21H18O6/c1-3-17(22)27-20-14-7-5-4-6-13(14)18(19(20)21(23)24-2)12-8-9-15-16(10-12)26-11-25-15/h4-10,20H,3,11H2,1-2H3. The molecule has 0 N–H and O–H groups in total. The predicted octanol–water partition coefficient (Wildman–Crippen LogP) is 3.40. The summed E-state index contributed by atoms with van der Waals surface area (Å²) < 4.78 is 21.5. The van der Waals surface area contributed by atoms with Crippen LogP contribution in [0.15, 0.2) is 48.0 Å². The van der Waals surface area contributed by atoms with Crippen LogP contribution in [0.2, 0.25) is 0 Å². The van der Waals surface area contributed by atoms with Gasteiger partial charge in [-0.3, -0.25) is 4.79 Å². The lowest BCUT2D eigenvalue weighted by Crippen LogP contribution is -2.17. The van der Waals surface area contributed by atoms with Crippen molar-refractivity contribution in [2.24, 2.45) is 0 Å². The molecule has 2 aromatic carbocycles. The maximum absolute atomic E-state index is 12.7. The topological polar surface area (TPSA) is 71.1 Å². The van der Waals surface area contributed by atoms with Crippen molar-refractivity contribution in [1.82, 2.24) is 0 Å². The molecule has 0 aromatic heterocycles. The van der Waals surface area contributed by atoms with Gasteiger partial charge in [-0.15, -0.1) is 0 Å². The third-order valence-electron chi connectivity index (χ3n) is 4.65. The number of fused-ring (bicyclic) bond motifs is 2. The van der Waals surface area contributed by atoms with Crippen LogP contribution in [0.5, 0.6) is 11.5 Å². The van der Waals surface area contributed by atoms with Gasteiger partial charge >= 0.3 is 11.9 Å². The van der Waals surface area contributed by atoms with Crippen molar-refractivity contribution in [3.63, 3.8) is 0 Å². The minimum atomic E-state index is -0.804. The molecular weight excluding hydrogens is 348 g/mol. The molecule has 0 radical (unpaired) electrons. The van der Waals surface area contributed by atoms with Crippen LogP contribution >= 0.6 is 0 Å². The molecule has 0 bridgehead atoms. The summed E-state index contributed by atoms with van der Waals surface area (Å²) in [6.45, 7) is 1.87. The summed E-state index contributed by atoms with van der Waals surface area (Å²) in [4.78, 5) is 24.7. The van der Waals surface area contributed by atoms with Gasteiger partial charge in [-0.2, -0.15) is 0 Å². The smallest absolute Gasteiger partial charge is 0.338 e. The molecule has 6 heteroatoms. The molecule has 1 atom stereocenters. The van der Waals surface area contributed by atoms with E-state index in [4.69, 9.17) is 18.9 Å². The third kappa shape index (κ3) is 2.83. The van der Waals surface area contributed by atoms with Crippen molar-refractivity contribution in [3.8, 4) is 11.5 Å². The Morgan fingerprint density at radius 3 is 2.67 bits per heavy atom. The number of ether oxygens (including phenoxy) is 4. The van der Waals surface area contributed by atoms with E-state index in [-0.39, 0.29) is 19.2 Å². The highest BCUT2D eigenvalue weighted by molar-refractivity contribution is 6.06. The Balaban J connectivity index is 1.92. The molecule has 4 rings (SSSR count). The Bertz CT molecular complexity index is 959. The first-order valence-corrected chi connectivity index (χ1v) is 8.65. The number of carbonyl (C=O) groups is 2. The molecule has 27 heavy (non-hydrogen) atoms. The first-order valence-electron chi connectivity index (χ1n) is 8.65. The van der Waals surface area contributed by atoms with Crippen LogP contribution in [0.25, 0.3) is 5.57 Å². The van der Waals surface area contributed by atoms with Crippen molar-refractivity contribution in [1.29, 1.82) is 0 Å². The highest BCUT2D eigenvalue weighted by atomic mass is 16.7. The molecule has 1 unspecified atom stereocenters. The van der Waals surface area contributed by atoms with E-state index in [1.807, 2.05) is 36.4 Å². The van der Waals surface area contributed by atoms with Crippen molar-refractivity contribution in [2.45, 2.75) is 19.4 Å². The molecule has 0 saturated heterocycles. The van der Waals surface area contributed by atoms with Gasteiger partial charge in [-0.1, -0.05) is 37.3 Å². The van der Waals surface area contributed by atoms with E-state index in [9.17, 15) is 9.59 Å². The lowest BCUT2D eigenvalue weighted by Gasteiger charge is -2.16. The number of hydrogen-bond acceptors (Lipinski definition) is 6. The molecule has 0 fully saturated rings. The van der Waals surface area contributed by atoms with Crippen LogP contribution in [0.1, 0.15) is 36.1 Å². The summed E-state index contributed by atoms with van der Waals surface area (Å²) in [5.74, 6) is 0.339. The fourth-order valence-electron chi connectivity index (χ4n) is 3.40. The highest BCUT2D eigenvalue weighted by Gasteiger charge is 2.39. The van der Waals surface area contributed by atoms with E-state index < -0.39 is 12.1 Å². The summed E-state index contributed by atoms with van der Waals surface area (Å²) in [7, 11) is 1.31. The molecule has 0 amide bonds. The minimum absolute atomic E-state index is 0.162. The van der Waals surface area contributed by atoms with Gasteiger partial charge < -0.3 is 18.9 Å². The summed E-state index contributed by atoms with van der Waals surface area (Å²) in [5, 5.41) is 0. The van der Waals surface area contributed by atoms with Crippen LogP contribution in [0.3, 0.4) is 0 Å². The summed E-state index contributed by atoms with van der Waals surface area (Å²) in [6.07, 6.45) is -0.589. The van der Waals surface area contributed by atoms with Gasteiger partial charge in [0.2, 0.25) is 6.79 Å². The number of hydrogen-bond donors (Lipinski definition) is 0. The average molecular weight is 366 g/mol. The summed E-state index contributed by atoms with van der Waals surface area (Å²) in [5.41, 5.74) is 3.32. The van der Waals surface area contributed by atoms with Gasteiger partial charge in [0, 0.05) is 17.6 Å². The maximum atomic E-state index is 12.7. The Labute approximate surface area is 156 Å². The van der Waals surface area contributed by atoms with Crippen molar-refractivity contribution in [3.05, 3.63) is 64.7 Å². The van der Waals surface area contributed by atoms with Gasteiger partial charge in [0.15, 0.2) is 17.6 Å². The van der Waals surface area contributed by atoms with Crippen molar-refractivity contribution >= 4 is 17.5 Å². The normalized spacial score (nSPS) is 16.9. The van der Waals surface area contributed by atoms with Crippen LogP contribution in [-0.4, -0.2) is 25.8 Å². The predicted molar refractivity (Wildman–Crippen MR) is 96.2 cm³/mol. The zero-order chi connectivity index (χ0) is 19.0. The molecule has 0 saturated carbocycles. The fraction of sp³-hybridized carbons (Fsp3) is 0.238. The first-order chi connectivity index (χ1) is 13.1. The number of rotatable bonds is 4. The van der Waals surface area contributed by atoms with Crippen LogP contribution in [-0.2, 0) is 19.1 Å². The number of esters is 2. The molecule has 2 aliphatic rings. The highest BCUT2D eigenvalue weighted by Crippen LogP contribution is 2.47. The summed E-state index contributed by atoms with van der Waals surface area (Å²) >= 11 is 0. The summed E-state index contributed by atoms with van der Waals surface area (Å²) in [6, 6.07) is 13.0. The van der Waals surface area contributed by atoms with Crippen molar-refractivity contribution in [2.75, 3.05) is 13.9 Å². The second kappa shape index (κ2) is 6.79. The zero-order valence-electron chi connectivity index (χ0n) is 15.0.